The molecular formula is C16H35Na3O4. The van der Waals surface area contributed by atoms with E-state index in [2.05, 4.69) is 0 Å². The first kappa shape index (κ1) is 35.9. The van der Waals surface area contributed by atoms with Gasteiger partial charge in [-0.15, -0.1) is 0 Å². The van der Waals surface area contributed by atoms with Gasteiger partial charge in [0.2, 0.25) is 0 Å². The Kier molecular flexibility index (Phi) is 40.9. The molecule has 0 bridgehead atoms. The normalized spacial score (nSPS) is 8.96. The fourth-order valence-electron chi connectivity index (χ4n) is 2.18. The Balaban J connectivity index is -0.0000000337. The monoisotopic (exact) mass is 360 g/mol. The summed E-state index contributed by atoms with van der Waals surface area (Å²) in [7, 11) is 0. The molecule has 0 aliphatic carbocycles. The molecule has 23 heavy (non-hydrogen) atoms. The topological polar surface area (TPSA) is 74.6 Å². The van der Waals surface area contributed by atoms with Crippen LogP contribution in [0.2, 0.25) is 0 Å². The van der Waals surface area contributed by atoms with Gasteiger partial charge in [-0.1, -0.05) is 53.4 Å². The molecule has 0 aliphatic rings. The Bertz CT molecular complexity index is 239. The van der Waals surface area contributed by atoms with Crippen LogP contribution in [0, 0.1) is 11.8 Å². The first-order valence-electron chi connectivity index (χ1n) is 7.89. The molecule has 0 fully saturated rings. The molecule has 2 N–H and O–H groups in total. The molecule has 0 amide bonds. The number of aliphatic carboxylic acids is 2. The SMILES string of the molecule is CCCC(CCC)C(=O)O.CCCC(CCC)C(=O)O.[H-].[H-].[H-].[Na+].[Na+].[Na+]. The van der Waals surface area contributed by atoms with E-state index >= 15 is 0 Å². The zero-order valence-corrected chi connectivity index (χ0v) is 22.5. The van der Waals surface area contributed by atoms with Crippen molar-refractivity contribution in [3.63, 3.8) is 0 Å². The third-order valence-electron chi connectivity index (χ3n) is 3.25. The van der Waals surface area contributed by atoms with E-state index in [9.17, 15) is 9.59 Å². The van der Waals surface area contributed by atoms with Crippen LogP contribution in [-0.4, -0.2) is 22.2 Å². The molecule has 0 heterocycles. The van der Waals surface area contributed by atoms with E-state index < -0.39 is 11.9 Å². The minimum absolute atomic E-state index is 0. The molecule has 0 radical (unpaired) electrons. The van der Waals surface area contributed by atoms with Gasteiger partial charge >= 0.3 is 101 Å². The van der Waals surface area contributed by atoms with Gasteiger partial charge in [-0.05, 0) is 25.7 Å². The summed E-state index contributed by atoms with van der Waals surface area (Å²) in [5.74, 6) is -1.47. The first-order chi connectivity index (χ1) is 9.44. The van der Waals surface area contributed by atoms with Crippen LogP contribution in [0.5, 0.6) is 0 Å². The number of carboxylic acid groups (broad SMARTS) is 2. The fourth-order valence-corrected chi connectivity index (χ4v) is 2.18. The second kappa shape index (κ2) is 26.2. The van der Waals surface area contributed by atoms with Crippen LogP contribution < -0.4 is 88.7 Å². The van der Waals surface area contributed by atoms with Crippen LogP contribution in [0.1, 0.15) is 83.3 Å². The molecule has 0 aromatic heterocycles. The Hall–Kier alpha value is 1.94. The largest absolute Gasteiger partial charge is 1.00 e. The summed E-state index contributed by atoms with van der Waals surface area (Å²) >= 11 is 0. The van der Waals surface area contributed by atoms with Gasteiger partial charge in [0.1, 0.15) is 0 Å². The van der Waals surface area contributed by atoms with Gasteiger partial charge in [-0.2, -0.15) is 0 Å². The van der Waals surface area contributed by atoms with E-state index in [0.717, 1.165) is 51.4 Å². The molecule has 0 atom stereocenters. The molecule has 0 unspecified atom stereocenters. The third kappa shape index (κ3) is 23.9. The summed E-state index contributed by atoms with van der Waals surface area (Å²) < 4.78 is 0. The molecule has 0 aromatic rings. The fraction of sp³-hybridized carbons (Fsp3) is 0.875. The molecule has 0 aromatic carbocycles. The average molecular weight is 360 g/mol. The minimum atomic E-state index is -0.635. The van der Waals surface area contributed by atoms with E-state index in [-0.39, 0.29) is 105 Å². The predicted octanol–water partition coefficient (Wildman–Crippen LogP) is -4.08. The van der Waals surface area contributed by atoms with Crippen molar-refractivity contribution in [1.82, 2.24) is 0 Å². The molecule has 0 aliphatic heterocycles. The predicted molar refractivity (Wildman–Crippen MR) is 85.2 cm³/mol. The maximum Gasteiger partial charge on any atom is 1.00 e. The van der Waals surface area contributed by atoms with Crippen molar-refractivity contribution in [1.29, 1.82) is 0 Å². The Labute approximate surface area is 213 Å². The zero-order valence-electron chi connectivity index (χ0n) is 19.5. The summed E-state index contributed by atoms with van der Waals surface area (Å²) in [6, 6.07) is 0. The van der Waals surface area contributed by atoms with Crippen molar-refractivity contribution in [2.45, 2.75) is 79.1 Å². The van der Waals surface area contributed by atoms with Crippen molar-refractivity contribution in [2.75, 3.05) is 0 Å². The van der Waals surface area contributed by atoms with Gasteiger partial charge in [0, 0.05) is 0 Å². The summed E-state index contributed by atoms with van der Waals surface area (Å²) in [4.78, 5) is 21.0. The molecule has 126 valence electrons. The second-order valence-corrected chi connectivity index (χ2v) is 5.23. The van der Waals surface area contributed by atoms with Crippen molar-refractivity contribution in [2.24, 2.45) is 11.8 Å². The summed E-state index contributed by atoms with van der Waals surface area (Å²) in [5.41, 5.74) is 0. The average Bonchev–Trinajstić information content (AvgIpc) is 2.38. The molecule has 0 saturated heterocycles. The van der Waals surface area contributed by atoms with Gasteiger partial charge in [0.05, 0.1) is 11.8 Å². The van der Waals surface area contributed by atoms with Crippen LogP contribution in [0.3, 0.4) is 0 Å². The van der Waals surface area contributed by atoms with E-state index in [0.29, 0.717) is 0 Å². The van der Waals surface area contributed by atoms with Crippen molar-refractivity contribution < 1.29 is 113 Å². The summed E-state index contributed by atoms with van der Waals surface area (Å²) in [5, 5.41) is 17.3. The molecule has 4 nitrogen and oxygen atoms in total. The molecule has 7 heteroatoms. The van der Waals surface area contributed by atoms with Gasteiger partial charge in [0.15, 0.2) is 0 Å². The zero-order chi connectivity index (χ0) is 16.0. The number of carboxylic acids is 2. The van der Waals surface area contributed by atoms with Crippen LogP contribution >= 0.6 is 0 Å². The van der Waals surface area contributed by atoms with Crippen LogP contribution in [0.4, 0.5) is 0 Å². The van der Waals surface area contributed by atoms with Crippen molar-refractivity contribution in [3.05, 3.63) is 0 Å². The maximum absolute atomic E-state index is 10.5. The van der Waals surface area contributed by atoms with Crippen molar-refractivity contribution in [3.8, 4) is 0 Å². The van der Waals surface area contributed by atoms with Gasteiger partial charge < -0.3 is 14.5 Å². The molecule has 0 spiro atoms. The van der Waals surface area contributed by atoms with E-state index in [1.807, 2.05) is 27.7 Å². The number of carbonyl (C=O) groups is 2. The summed E-state index contributed by atoms with van der Waals surface area (Å²) in [6.45, 7) is 8.08. The van der Waals surface area contributed by atoms with Crippen LogP contribution in [0.25, 0.3) is 0 Å². The van der Waals surface area contributed by atoms with E-state index in [4.69, 9.17) is 10.2 Å². The Morgan fingerprint density at radius 1 is 0.652 bits per heavy atom. The Morgan fingerprint density at radius 2 is 0.826 bits per heavy atom. The Morgan fingerprint density at radius 3 is 0.913 bits per heavy atom. The number of rotatable bonds is 10. The first-order valence-corrected chi connectivity index (χ1v) is 7.89. The summed E-state index contributed by atoms with van der Waals surface area (Å²) in [6.07, 6.45) is 7.17. The number of hydrogen-bond donors (Lipinski definition) is 2. The molecular weight excluding hydrogens is 325 g/mol. The van der Waals surface area contributed by atoms with E-state index in [1.165, 1.54) is 0 Å². The van der Waals surface area contributed by atoms with Crippen LogP contribution in [0.15, 0.2) is 0 Å². The second-order valence-electron chi connectivity index (χ2n) is 5.23. The number of hydrogen-bond acceptors (Lipinski definition) is 2. The standard InChI is InChI=1S/2C8H16O2.3Na.3H/c2*1-3-5-7(6-4-2)8(9)10;;;;;;/h2*7H,3-6H2,1-2H3,(H,9,10);;;;;;/q;;3*+1;3*-1. The quantitative estimate of drug-likeness (QED) is 0.389. The van der Waals surface area contributed by atoms with Gasteiger partial charge in [0.25, 0.3) is 0 Å². The maximum atomic E-state index is 10.5. The van der Waals surface area contributed by atoms with Gasteiger partial charge in [-0.3, -0.25) is 9.59 Å². The third-order valence-corrected chi connectivity index (χ3v) is 3.25. The van der Waals surface area contributed by atoms with Gasteiger partial charge in [-0.25, -0.2) is 0 Å². The van der Waals surface area contributed by atoms with Crippen LogP contribution in [-0.2, 0) is 9.59 Å². The molecule has 0 rings (SSSR count). The smallest absolute Gasteiger partial charge is 1.00 e. The molecule has 0 saturated carbocycles. The minimum Gasteiger partial charge on any atom is -1.00 e. The van der Waals surface area contributed by atoms with E-state index in [1.54, 1.807) is 0 Å². The van der Waals surface area contributed by atoms with Crippen molar-refractivity contribution >= 4 is 11.9 Å².